The van der Waals surface area contributed by atoms with Gasteiger partial charge < -0.3 is 4.90 Å². The molecule has 0 spiro atoms. The molecule has 0 aliphatic carbocycles. The first-order chi connectivity index (χ1) is 5.83. The SMILES string of the molecule is CN(C)CCC(C)(C)CCN(C)N. The van der Waals surface area contributed by atoms with Gasteiger partial charge in [-0.15, -0.1) is 0 Å². The smallest absolute Gasteiger partial charge is 0.0130 e. The van der Waals surface area contributed by atoms with Crippen molar-refractivity contribution >= 4 is 0 Å². The Balaban J connectivity index is 3.66. The molecule has 0 bridgehead atoms. The molecule has 0 saturated carbocycles. The maximum atomic E-state index is 5.58. The minimum atomic E-state index is 0.401. The van der Waals surface area contributed by atoms with Crippen LogP contribution in [0.1, 0.15) is 26.7 Å². The molecule has 0 heterocycles. The summed E-state index contributed by atoms with van der Waals surface area (Å²) in [6, 6.07) is 0. The Bertz CT molecular complexity index is 116. The lowest BCUT2D eigenvalue weighted by Gasteiger charge is -2.27. The fraction of sp³-hybridized carbons (Fsp3) is 1.00. The molecule has 0 radical (unpaired) electrons. The quantitative estimate of drug-likeness (QED) is 0.500. The van der Waals surface area contributed by atoms with Crippen molar-refractivity contribution in [1.82, 2.24) is 9.91 Å². The first-order valence-corrected chi connectivity index (χ1v) is 4.94. The fourth-order valence-electron chi connectivity index (χ4n) is 1.13. The summed E-state index contributed by atoms with van der Waals surface area (Å²) in [5.41, 5.74) is 0.401. The average Bonchev–Trinajstić information content (AvgIpc) is 1.98. The molecule has 0 aliphatic heterocycles. The van der Waals surface area contributed by atoms with Gasteiger partial charge in [-0.1, -0.05) is 13.8 Å². The number of hydrogen-bond acceptors (Lipinski definition) is 3. The van der Waals surface area contributed by atoms with Crippen LogP contribution in [-0.4, -0.2) is 44.1 Å². The van der Waals surface area contributed by atoms with Crippen LogP contribution >= 0.6 is 0 Å². The molecular formula is C10H25N3. The minimum absolute atomic E-state index is 0.401. The van der Waals surface area contributed by atoms with Gasteiger partial charge in [0.05, 0.1) is 0 Å². The van der Waals surface area contributed by atoms with E-state index in [0.717, 1.165) is 19.5 Å². The highest BCUT2D eigenvalue weighted by Crippen LogP contribution is 2.24. The second-order valence-electron chi connectivity index (χ2n) is 4.95. The van der Waals surface area contributed by atoms with Gasteiger partial charge in [-0.2, -0.15) is 0 Å². The fourth-order valence-corrected chi connectivity index (χ4v) is 1.13. The van der Waals surface area contributed by atoms with E-state index in [1.54, 1.807) is 5.01 Å². The van der Waals surface area contributed by atoms with E-state index >= 15 is 0 Å². The molecule has 0 amide bonds. The van der Waals surface area contributed by atoms with E-state index in [1.807, 2.05) is 7.05 Å². The highest BCUT2D eigenvalue weighted by Gasteiger charge is 2.17. The van der Waals surface area contributed by atoms with E-state index in [2.05, 4.69) is 32.8 Å². The molecule has 0 fully saturated rings. The van der Waals surface area contributed by atoms with Gasteiger partial charge in [-0.05, 0) is 38.9 Å². The Morgan fingerprint density at radius 1 is 1.00 bits per heavy atom. The lowest BCUT2D eigenvalue weighted by atomic mass is 9.85. The van der Waals surface area contributed by atoms with Crippen molar-refractivity contribution < 1.29 is 0 Å². The van der Waals surface area contributed by atoms with Gasteiger partial charge in [-0.3, -0.25) is 10.9 Å². The lowest BCUT2D eigenvalue weighted by Crippen LogP contribution is -2.31. The van der Waals surface area contributed by atoms with Gasteiger partial charge in [-0.25, -0.2) is 0 Å². The first-order valence-electron chi connectivity index (χ1n) is 4.94. The summed E-state index contributed by atoms with van der Waals surface area (Å²) in [7, 11) is 6.15. The van der Waals surface area contributed by atoms with Gasteiger partial charge in [0.25, 0.3) is 0 Å². The standard InChI is InChI=1S/C10H25N3/c1-10(2,6-8-12(3)4)7-9-13(5)11/h6-9,11H2,1-5H3. The van der Waals surface area contributed by atoms with Gasteiger partial charge in [0.15, 0.2) is 0 Å². The zero-order valence-electron chi connectivity index (χ0n) is 9.80. The van der Waals surface area contributed by atoms with Crippen LogP contribution in [0.15, 0.2) is 0 Å². The van der Waals surface area contributed by atoms with Gasteiger partial charge in [0, 0.05) is 13.6 Å². The van der Waals surface area contributed by atoms with Crippen molar-refractivity contribution in [2.75, 3.05) is 34.2 Å². The van der Waals surface area contributed by atoms with Gasteiger partial charge in [0.2, 0.25) is 0 Å². The number of hydrogen-bond donors (Lipinski definition) is 1. The van der Waals surface area contributed by atoms with Gasteiger partial charge >= 0.3 is 0 Å². The summed E-state index contributed by atoms with van der Waals surface area (Å²) in [6.07, 6.45) is 2.39. The molecule has 0 saturated heterocycles. The minimum Gasteiger partial charge on any atom is -0.309 e. The second-order valence-corrected chi connectivity index (χ2v) is 4.95. The van der Waals surface area contributed by atoms with Crippen LogP contribution in [0.25, 0.3) is 0 Å². The van der Waals surface area contributed by atoms with Crippen molar-refractivity contribution in [2.24, 2.45) is 11.3 Å². The molecule has 3 nitrogen and oxygen atoms in total. The summed E-state index contributed by atoms with van der Waals surface area (Å²) in [4.78, 5) is 2.23. The Kier molecular flexibility index (Phi) is 5.53. The summed E-state index contributed by atoms with van der Waals surface area (Å²) in [5, 5.41) is 1.76. The predicted octanol–water partition coefficient (Wildman–Crippen LogP) is 1.16. The Labute approximate surface area is 82.9 Å². The van der Waals surface area contributed by atoms with Crippen LogP contribution in [-0.2, 0) is 0 Å². The molecule has 0 aliphatic rings. The van der Waals surface area contributed by atoms with Crippen LogP contribution in [0.2, 0.25) is 0 Å². The third-order valence-electron chi connectivity index (χ3n) is 2.38. The topological polar surface area (TPSA) is 32.5 Å². The Morgan fingerprint density at radius 3 is 1.85 bits per heavy atom. The average molecular weight is 187 g/mol. The monoisotopic (exact) mass is 187 g/mol. The van der Waals surface area contributed by atoms with Crippen molar-refractivity contribution in [3.63, 3.8) is 0 Å². The van der Waals surface area contributed by atoms with Crippen LogP contribution < -0.4 is 5.84 Å². The third-order valence-corrected chi connectivity index (χ3v) is 2.38. The molecule has 2 N–H and O–H groups in total. The van der Waals surface area contributed by atoms with Crippen molar-refractivity contribution in [1.29, 1.82) is 0 Å². The number of hydrazine groups is 1. The molecular weight excluding hydrogens is 162 g/mol. The molecule has 0 aromatic carbocycles. The molecule has 0 rings (SSSR count). The summed E-state index contributed by atoms with van der Waals surface area (Å²) < 4.78 is 0. The molecule has 0 unspecified atom stereocenters. The van der Waals surface area contributed by atoms with Crippen LogP contribution in [0.5, 0.6) is 0 Å². The molecule has 0 aromatic heterocycles. The molecule has 0 atom stereocenters. The highest BCUT2D eigenvalue weighted by molar-refractivity contribution is 4.70. The largest absolute Gasteiger partial charge is 0.309 e. The maximum Gasteiger partial charge on any atom is 0.0130 e. The van der Waals surface area contributed by atoms with E-state index in [-0.39, 0.29) is 0 Å². The number of rotatable bonds is 6. The summed E-state index contributed by atoms with van der Waals surface area (Å²) in [6.45, 7) is 6.74. The highest BCUT2D eigenvalue weighted by atomic mass is 15.4. The lowest BCUT2D eigenvalue weighted by molar-refractivity contribution is 0.217. The molecule has 13 heavy (non-hydrogen) atoms. The summed E-state index contributed by atoms with van der Waals surface area (Å²) in [5.74, 6) is 5.58. The molecule has 80 valence electrons. The second kappa shape index (κ2) is 5.58. The normalized spacial score (nSPS) is 12.9. The molecule has 3 heteroatoms. The Morgan fingerprint density at radius 2 is 1.46 bits per heavy atom. The molecule has 0 aromatic rings. The van der Waals surface area contributed by atoms with E-state index in [4.69, 9.17) is 5.84 Å². The van der Waals surface area contributed by atoms with E-state index in [9.17, 15) is 0 Å². The maximum absolute atomic E-state index is 5.58. The summed E-state index contributed by atoms with van der Waals surface area (Å²) >= 11 is 0. The van der Waals surface area contributed by atoms with Crippen molar-refractivity contribution in [3.8, 4) is 0 Å². The zero-order valence-corrected chi connectivity index (χ0v) is 9.80. The van der Waals surface area contributed by atoms with E-state index in [0.29, 0.717) is 5.41 Å². The van der Waals surface area contributed by atoms with Crippen LogP contribution in [0.4, 0.5) is 0 Å². The van der Waals surface area contributed by atoms with Crippen LogP contribution in [0.3, 0.4) is 0 Å². The zero-order chi connectivity index (χ0) is 10.5. The van der Waals surface area contributed by atoms with Gasteiger partial charge in [0.1, 0.15) is 0 Å². The van der Waals surface area contributed by atoms with Crippen molar-refractivity contribution in [3.05, 3.63) is 0 Å². The van der Waals surface area contributed by atoms with Crippen molar-refractivity contribution in [2.45, 2.75) is 26.7 Å². The number of nitrogens with zero attached hydrogens (tertiary/aromatic N) is 2. The predicted molar refractivity (Wildman–Crippen MR) is 58.4 cm³/mol. The Hall–Kier alpha value is -0.120. The third kappa shape index (κ3) is 8.22. The number of nitrogens with two attached hydrogens (primary N) is 1. The first kappa shape index (κ1) is 12.9. The van der Waals surface area contributed by atoms with E-state index in [1.165, 1.54) is 6.42 Å². The van der Waals surface area contributed by atoms with E-state index < -0.39 is 0 Å². The van der Waals surface area contributed by atoms with Crippen LogP contribution in [0, 0.1) is 5.41 Å².